The highest BCUT2D eigenvalue weighted by Crippen LogP contribution is 2.54. The molecule has 0 atom stereocenters. The van der Waals surface area contributed by atoms with Crippen molar-refractivity contribution in [3.8, 4) is 56.5 Å². The van der Waals surface area contributed by atoms with Gasteiger partial charge in [-0.15, -0.1) is 0 Å². The van der Waals surface area contributed by atoms with Gasteiger partial charge in [0.25, 0.3) is 6.71 Å². The molecular formula is C105H93BN6. The van der Waals surface area contributed by atoms with Crippen LogP contribution in [0.4, 0.5) is 34.1 Å². The van der Waals surface area contributed by atoms with Gasteiger partial charge in [0, 0.05) is 77.6 Å². The Morgan fingerprint density at radius 3 is 1.25 bits per heavy atom. The highest BCUT2D eigenvalue weighted by atomic mass is 15.2. The molecule has 0 amide bonds. The van der Waals surface area contributed by atoms with Crippen LogP contribution in [0.25, 0.3) is 116 Å². The number of anilines is 6. The molecule has 2 aliphatic heterocycles. The summed E-state index contributed by atoms with van der Waals surface area (Å²) in [7, 11) is 0. The second kappa shape index (κ2) is 25.3. The molecule has 5 heterocycles. The van der Waals surface area contributed by atoms with Crippen molar-refractivity contribution in [2.45, 2.75) is 131 Å². The number of para-hydroxylation sites is 2. The van der Waals surface area contributed by atoms with E-state index in [1.165, 1.54) is 11.1 Å². The molecule has 0 fully saturated rings. The average Bonchev–Trinajstić information content (AvgIpc) is 1.67. The molecule has 0 bridgehead atoms. The number of hydrogen-bond acceptors (Lipinski definition) is 3. The Bertz CT molecular complexity index is 7320. The molecule has 112 heavy (non-hydrogen) atoms. The van der Waals surface area contributed by atoms with E-state index >= 15 is 0 Å². The van der Waals surface area contributed by atoms with Crippen molar-refractivity contribution in [2.75, 3.05) is 9.80 Å². The minimum Gasteiger partial charge on any atom is -0.311 e. The molecule has 0 saturated heterocycles. The SMILES string of the molecule is [2H]c1c([2H])c([2H])c(-c2ccc3c(c2)N(c2c(-c4ccccc4)cc(C(C)(C)C)cc2-c2ccccc2)c2cc(-n4c5c([2H])c([2H])c([2H])c([2H])c5c5c([2H])c([2H])c([2H])c([2H])c54)cc4c2B3c2ccc(-n3c5ccc(C(C)(C)C)cc5c5cc(C(C)(C)C)ccc53)cc2N4c2ccc(C#N)c(-n3c4cc(C(C)(C)C)ccc4c4ccc(C(C)(C)C)cc43)c2)c([2H])c1[2H]. The molecule has 0 N–H and O–H groups in total. The summed E-state index contributed by atoms with van der Waals surface area (Å²) in [6.07, 6.45) is 0. The Morgan fingerprint density at radius 2 is 0.732 bits per heavy atom. The minimum atomic E-state index is -0.778. The van der Waals surface area contributed by atoms with Gasteiger partial charge in [0.1, 0.15) is 6.07 Å². The van der Waals surface area contributed by atoms with Gasteiger partial charge in [-0.2, -0.15) is 5.26 Å². The first-order chi connectivity index (χ1) is 59.1. The molecule has 0 radical (unpaired) electrons. The maximum Gasteiger partial charge on any atom is 0.252 e. The summed E-state index contributed by atoms with van der Waals surface area (Å²) in [6.45, 7) is 32.3. The fourth-order valence-electron chi connectivity index (χ4n) is 17.3. The summed E-state index contributed by atoms with van der Waals surface area (Å²) < 4.78 is 131. The normalized spacial score (nSPS) is 14.9. The van der Waals surface area contributed by atoms with Gasteiger partial charge in [0.05, 0.1) is 73.5 Å². The number of fused-ring (bicyclic) bond motifs is 13. The van der Waals surface area contributed by atoms with Gasteiger partial charge in [-0.1, -0.05) is 286 Å². The largest absolute Gasteiger partial charge is 0.311 e. The van der Waals surface area contributed by atoms with Crippen LogP contribution >= 0.6 is 0 Å². The Labute approximate surface area is 677 Å². The molecule has 17 aromatic rings. The average molecular weight is 1460 g/mol. The van der Waals surface area contributed by atoms with Crippen LogP contribution in [0, 0.1) is 11.3 Å². The van der Waals surface area contributed by atoms with Gasteiger partial charge >= 0.3 is 0 Å². The second-order valence-corrected chi connectivity index (χ2v) is 35.6. The van der Waals surface area contributed by atoms with E-state index in [2.05, 4.69) is 262 Å². The third kappa shape index (κ3) is 11.3. The zero-order valence-corrected chi connectivity index (χ0v) is 66.0. The minimum absolute atomic E-state index is 0.0263. The topological polar surface area (TPSA) is 45.1 Å². The molecule has 0 unspecified atom stereocenters. The lowest BCUT2D eigenvalue weighted by Crippen LogP contribution is -2.61. The third-order valence-electron chi connectivity index (χ3n) is 23.3. The number of rotatable bonds is 8. The van der Waals surface area contributed by atoms with E-state index in [1.807, 2.05) is 78.9 Å². The Balaban J connectivity index is 1.05. The lowest BCUT2D eigenvalue weighted by Gasteiger charge is -2.45. The highest BCUT2D eigenvalue weighted by Gasteiger charge is 2.46. The summed E-state index contributed by atoms with van der Waals surface area (Å²) in [5.41, 5.74) is 18.9. The van der Waals surface area contributed by atoms with Gasteiger partial charge in [0.15, 0.2) is 0 Å². The first-order valence-electron chi connectivity index (χ1n) is 45.2. The molecule has 7 heteroatoms. The fourth-order valence-corrected chi connectivity index (χ4v) is 17.3. The van der Waals surface area contributed by atoms with Crippen LogP contribution in [-0.4, -0.2) is 20.4 Å². The van der Waals surface area contributed by atoms with E-state index in [0.717, 1.165) is 105 Å². The van der Waals surface area contributed by atoms with Gasteiger partial charge in [-0.3, -0.25) is 0 Å². The van der Waals surface area contributed by atoms with E-state index in [0.29, 0.717) is 50.9 Å². The second-order valence-electron chi connectivity index (χ2n) is 35.6. The summed E-state index contributed by atoms with van der Waals surface area (Å²) in [5, 5.41) is 15.9. The van der Waals surface area contributed by atoms with Crippen molar-refractivity contribution in [3.05, 3.63) is 324 Å². The number of nitriles is 1. The smallest absolute Gasteiger partial charge is 0.252 e. The van der Waals surface area contributed by atoms with Crippen molar-refractivity contribution in [1.29, 1.82) is 5.26 Å². The van der Waals surface area contributed by atoms with E-state index in [4.69, 9.17) is 1.37 Å². The van der Waals surface area contributed by atoms with E-state index in [9.17, 15) is 21.7 Å². The van der Waals surface area contributed by atoms with Crippen LogP contribution in [0.3, 0.4) is 0 Å². The monoisotopic (exact) mass is 1460 g/mol. The Morgan fingerprint density at radius 1 is 0.295 bits per heavy atom. The van der Waals surface area contributed by atoms with Crippen molar-refractivity contribution >= 4 is 123 Å². The number of benzene rings is 14. The predicted molar refractivity (Wildman–Crippen MR) is 478 cm³/mol. The zero-order chi connectivity index (χ0) is 88.7. The van der Waals surface area contributed by atoms with E-state index in [-0.39, 0.29) is 54.7 Å². The van der Waals surface area contributed by atoms with Crippen molar-refractivity contribution < 1.29 is 17.8 Å². The van der Waals surface area contributed by atoms with Gasteiger partial charge in [-0.05, 0) is 203 Å². The fraction of sp³-hybridized carbons (Fsp3) is 0.190. The molecule has 3 aromatic heterocycles. The molecule has 0 saturated carbocycles. The zero-order valence-electron chi connectivity index (χ0n) is 79.0. The van der Waals surface area contributed by atoms with E-state index in [1.54, 1.807) is 4.57 Å². The third-order valence-corrected chi connectivity index (χ3v) is 23.3. The molecule has 14 aromatic carbocycles. The molecular weight excluding hydrogens is 1360 g/mol. The van der Waals surface area contributed by atoms with Crippen LogP contribution < -0.4 is 26.2 Å². The van der Waals surface area contributed by atoms with Crippen molar-refractivity contribution in [2.24, 2.45) is 0 Å². The van der Waals surface area contributed by atoms with Crippen LogP contribution in [0.2, 0.25) is 0 Å². The molecule has 546 valence electrons. The standard InChI is InChI=1S/C105H93BN6/c1-101(2,3)70-43-51-90-84(54-70)85-55-71(102(4,5)6)44-52-91(85)108(90)76-46-50-87-96(61-76)109(75-45-39-69(64-107)92(60-75)111-93-58-72(103(7,8)9)41-47-80(93)81-48-42-73(59-94(81)111)104(10,11)12)97-62-77(110-88-37-27-25-35-78(88)79-36-26-28-38-89(79)110)63-98-99(97)106(87)86-49-40-68(65-29-19-16-20-30-65)53-95(86)112(98)100-82(66-31-21-17-22-32-66)56-74(105(13,14)15)57-83(100)67-33-23-18-24-34-67/h16-63H,1-15H3/i16D,19D,20D,25D,26D,27D,28D,29D,30D,35D,36D,37D,38D. The quantitative estimate of drug-likeness (QED) is 0.142. The van der Waals surface area contributed by atoms with Gasteiger partial charge < -0.3 is 23.5 Å². The van der Waals surface area contributed by atoms with Crippen molar-refractivity contribution in [3.63, 3.8) is 0 Å². The van der Waals surface area contributed by atoms with Crippen LogP contribution in [-0.2, 0) is 27.1 Å². The van der Waals surface area contributed by atoms with Crippen LogP contribution in [0.5, 0.6) is 0 Å². The van der Waals surface area contributed by atoms with Gasteiger partial charge in [-0.25, -0.2) is 0 Å². The number of hydrogen-bond donors (Lipinski definition) is 0. The lowest BCUT2D eigenvalue weighted by atomic mass is 9.33. The molecule has 0 spiro atoms. The first kappa shape index (κ1) is 56.8. The molecule has 2 aliphatic rings. The lowest BCUT2D eigenvalue weighted by molar-refractivity contribution is 0.590. The predicted octanol–water partition coefficient (Wildman–Crippen LogP) is 26.4. The Hall–Kier alpha value is -12.4. The van der Waals surface area contributed by atoms with Gasteiger partial charge in [0.2, 0.25) is 0 Å². The highest BCUT2D eigenvalue weighted by molar-refractivity contribution is 7.00. The summed E-state index contributed by atoms with van der Waals surface area (Å²) in [5.74, 6) is 0. The van der Waals surface area contributed by atoms with Crippen molar-refractivity contribution in [1.82, 2.24) is 13.7 Å². The Kier molecular flexibility index (Phi) is 12.9. The summed E-state index contributed by atoms with van der Waals surface area (Å²) in [4.78, 5) is 4.44. The van der Waals surface area contributed by atoms with Crippen LogP contribution in [0.1, 0.15) is 155 Å². The maximum absolute atomic E-state index is 12.0. The first-order valence-corrected chi connectivity index (χ1v) is 38.7. The number of aromatic nitrogens is 3. The van der Waals surface area contributed by atoms with E-state index < -0.39 is 90.7 Å². The number of nitrogens with zero attached hydrogens (tertiary/aromatic N) is 6. The molecule has 19 rings (SSSR count). The molecule has 6 nitrogen and oxygen atoms in total. The molecule has 0 aliphatic carbocycles. The van der Waals surface area contributed by atoms with Crippen LogP contribution in [0.15, 0.2) is 291 Å². The summed E-state index contributed by atoms with van der Waals surface area (Å²) >= 11 is 0. The summed E-state index contributed by atoms with van der Waals surface area (Å²) in [6, 6.07) is 69.9. The maximum atomic E-state index is 12.0.